The van der Waals surface area contributed by atoms with Crippen molar-refractivity contribution >= 4 is 50.4 Å². The summed E-state index contributed by atoms with van der Waals surface area (Å²) in [7, 11) is 1.30. The lowest BCUT2D eigenvalue weighted by Crippen LogP contribution is -2.45. The number of esters is 1. The molecule has 0 aromatic heterocycles. The highest BCUT2D eigenvalue weighted by Crippen LogP contribution is 2.32. The summed E-state index contributed by atoms with van der Waals surface area (Å²) in [6.07, 6.45) is 4.58. The third-order valence-electron chi connectivity index (χ3n) is 4.60. The number of thioether (sulfide) groups is 1. The van der Waals surface area contributed by atoms with E-state index in [9.17, 15) is 14.4 Å². The van der Waals surface area contributed by atoms with Crippen LogP contribution in [0.2, 0.25) is 0 Å². The van der Waals surface area contributed by atoms with E-state index in [0.717, 1.165) is 53.0 Å². The molecular formula is C21H30BrNO4S. The molecule has 1 aromatic rings. The fourth-order valence-electron chi connectivity index (χ4n) is 2.97. The number of aryl methyl sites for hydroxylation is 1. The summed E-state index contributed by atoms with van der Waals surface area (Å²) in [5.41, 5.74) is 2.41. The number of carbonyl (C=O) groups excluding carboxylic acids is 3. The molecule has 0 spiro atoms. The molecule has 156 valence electrons. The number of unbranched alkanes of at least 4 members (excludes halogenated alkanes) is 3. The lowest BCUT2D eigenvalue weighted by Gasteiger charge is -2.30. The molecule has 0 N–H and O–H groups in total. The van der Waals surface area contributed by atoms with Crippen molar-refractivity contribution < 1.29 is 19.1 Å². The Labute approximate surface area is 180 Å². The number of methoxy groups -OCH3 is 1. The van der Waals surface area contributed by atoms with Crippen LogP contribution >= 0.6 is 27.7 Å². The van der Waals surface area contributed by atoms with Gasteiger partial charge < -0.3 is 4.74 Å². The molecular weight excluding hydrogens is 442 g/mol. The average Bonchev–Trinajstić information content (AvgIpc) is 2.68. The Balaban J connectivity index is 2.98. The topological polar surface area (TPSA) is 63.7 Å². The summed E-state index contributed by atoms with van der Waals surface area (Å²) in [6, 6.07) is 3.01. The van der Waals surface area contributed by atoms with Crippen LogP contribution in [0, 0.1) is 13.8 Å². The van der Waals surface area contributed by atoms with E-state index in [1.807, 2.05) is 26.0 Å². The molecule has 1 amide bonds. The molecule has 0 saturated carbocycles. The van der Waals surface area contributed by atoms with Gasteiger partial charge in [-0.1, -0.05) is 59.9 Å². The van der Waals surface area contributed by atoms with Crippen molar-refractivity contribution in [1.29, 1.82) is 0 Å². The number of halogens is 1. The third-order valence-corrected chi connectivity index (χ3v) is 6.37. The highest BCUT2D eigenvalue weighted by atomic mass is 79.9. The van der Waals surface area contributed by atoms with Gasteiger partial charge in [0.05, 0.1) is 18.6 Å². The van der Waals surface area contributed by atoms with Gasteiger partial charge in [0.2, 0.25) is 5.91 Å². The number of ether oxygens (including phenoxy) is 1. The van der Waals surface area contributed by atoms with E-state index in [0.29, 0.717) is 12.1 Å². The van der Waals surface area contributed by atoms with Crippen LogP contribution in [-0.4, -0.2) is 35.9 Å². The number of rotatable bonds is 10. The van der Waals surface area contributed by atoms with E-state index in [-0.39, 0.29) is 16.8 Å². The predicted octanol–water partition coefficient (Wildman–Crippen LogP) is 5.19. The Bertz CT molecular complexity index is 708. The third kappa shape index (κ3) is 6.92. The summed E-state index contributed by atoms with van der Waals surface area (Å²) in [5.74, 6) is -0.781. The zero-order chi connectivity index (χ0) is 21.3. The van der Waals surface area contributed by atoms with Crippen molar-refractivity contribution in [2.45, 2.75) is 65.8 Å². The van der Waals surface area contributed by atoms with Gasteiger partial charge in [-0.2, -0.15) is 0 Å². The minimum Gasteiger partial charge on any atom is -0.467 e. The molecule has 1 aromatic carbocycles. The second kappa shape index (κ2) is 12.3. The van der Waals surface area contributed by atoms with E-state index in [2.05, 4.69) is 22.9 Å². The van der Waals surface area contributed by atoms with Gasteiger partial charge in [0.15, 0.2) is 5.12 Å². The van der Waals surface area contributed by atoms with Crippen LogP contribution in [0.5, 0.6) is 0 Å². The van der Waals surface area contributed by atoms with E-state index < -0.39 is 12.0 Å². The normalized spacial score (nSPS) is 11.8. The number of carbonyl (C=O) groups is 3. The van der Waals surface area contributed by atoms with Crippen LogP contribution in [0.15, 0.2) is 16.6 Å². The van der Waals surface area contributed by atoms with E-state index >= 15 is 0 Å². The predicted molar refractivity (Wildman–Crippen MR) is 119 cm³/mol. The van der Waals surface area contributed by atoms with Crippen LogP contribution in [0.1, 0.15) is 57.1 Å². The van der Waals surface area contributed by atoms with Crippen LogP contribution < -0.4 is 4.90 Å². The number of nitrogens with zero attached hydrogens (tertiary/aromatic N) is 1. The molecule has 0 aliphatic heterocycles. The maximum absolute atomic E-state index is 13.0. The summed E-state index contributed by atoms with van der Waals surface area (Å²) < 4.78 is 5.71. The molecule has 0 aliphatic carbocycles. The Morgan fingerprint density at radius 1 is 1.18 bits per heavy atom. The molecule has 0 heterocycles. The van der Waals surface area contributed by atoms with Gasteiger partial charge in [-0.3, -0.25) is 14.5 Å². The Morgan fingerprint density at radius 3 is 2.46 bits per heavy atom. The van der Waals surface area contributed by atoms with Crippen LogP contribution in [0.25, 0.3) is 0 Å². The summed E-state index contributed by atoms with van der Waals surface area (Å²) in [6.45, 7) is 7.55. The molecule has 0 saturated heterocycles. The lowest BCUT2D eigenvalue weighted by atomic mass is 10.1. The fourth-order valence-corrected chi connectivity index (χ4v) is 4.00. The molecule has 0 radical (unpaired) electrons. The van der Waals surface area contributed by atoms with Gasteiger partial charge in [-0.15, -0.1) is 0 Å². The lowest BCUT2D eigenvalue weighted by molar-refractivity contribution is -0.142. The van der Waals surface area contributed by atoms with Gasteiger partial charge in [0.1, 0.15) is 6.04 Å². The molecule has 1 atom stereocenters. The molecule has 0 bridgehead atoms. The number of anilines is 1. The smallest absolute Gasteiger partial charge is 0.328 e. The molecule has 7 heteroatoms. The second-order valence-electron chi connectivity index (χ2n) is 6.77. The van der Waals surface area contributed by atoms with Crippen molar-refractivity contribution in [2.24, 2.45) is 0 Å². The Hall–Kier alpha value is -1.34. The van der Waals surface area contributed by atoms with Crippen molar-refractivity contribution in [3.05, 3.63) is 27.7 Å². The van der Waals surface area contributed by atoms with Crippen LogP contribution in [0.3, 0.4) is 0 Å². The Morgan fingerprint density at radius 2 is 1.86 bits per heavy atom. The molecule has 28 heavy (non-hydrogen) atoms. The first-order chi connectivity index (χ1) is 13.2. The average molecular weight is 472 g/mol. The van der Waals surface area contributed by atoms with Crippen molar-refractivity contribution in [3.63, 3.8) is 0 Å². The van der Waals surface area contributed by atoms with Gasteiger partial charge >= 0.3 is 5.97 Å². The quantitative estimate of drug-likeness (QED) is 0.346. The minimum absolute atomic E-state index is 0.000656. The number of hydrogen-bond donors (Lipinski definition) is 0. The summed E-state index contributed by atoms with van der Waals surface area (Å²) >= 11 is 4.51. The summed E-state index contributed by atoms with van der Waals surface area (Å²) in [5, 5.41) is 0.0119. The summed E-state index contributed by atoms with van der Waals surface area (Å²) in [4.78, 5) is 38.8. The number of hydrogen-bond acceptors (Lipinski definition) is 5. The fraction of sp³-hybridized carbons (Fsp3) is 0.571. The molecule has 0 aliphatic rings. The van der Waals surface area contributed by atoms with E-state index in [4.69, 9.17) is 4.74 Å². The van der Waals surface area contributed by atoms with Crippen molar-refractivity contribution in [2.75, 3.05) is 17.8 Å². The zero-order valence-electron chi connectivity index (χ0n) is 17.3. The first kappa shape index (κ1) is 24.7. The van der Waals surface area contributed by atoms with Crippen LogP contribution in [-0.2, 0) is 19.1 Å². The molecule has 1 unspecified atom stereocenters. The van der Waals surface area contributed by atoms with E-state index in [1.54, 1.807) is 6.92 Å². The monoisotopic (exact) mass is 471 g/mol. The van der Waals surface area contributed by atoms with Gasteiger partial charge in [0, 0.05) is 10.9 Å². The van der Waals surface area contributed by atoms with Crippen LogP contribution in [0.4, 0.5) is 5.69 Å². The minimum atomic E-state index is -0.788. The Kier molecular flexibility index (Phi) is 10.8. The standard InChI is InChI=1S/C21H30BrNO4S/c1-6-7-8-9-10-19(25)28-13-18(24)23(16(4)21(26)27-5)20-14(2)11-12-17(22)15(20)3/h11-12,16H,6-10,13H2,1-5H3. The van der Waals surface area contributed by atoms with Crippen molar-refractivity contribution in [1.82, 2.24) is 0 Å². The largest absolute Gasteiger partial charge is 0.467 e. The van der Waals surface area contributed by atoms with Gasteiger partial charge in [-0.25, -0.2) is 4.79 Å². The highest BCUT2D eigenvalue weighted by Gasteiger charge is 2.31. The number of amides is 1. The van der Waals surface area contributed by atoms with Gasteiger partial charge in [-0.05, 0) is 44.4 Å². The maximum Gasteiger partial charge on any atom is 0.328 e. The van der Waals surface area contributed by atoms with Gasteiger partial charge in [0.25, 0.3) is 0 Å². The molecule has 0 fully saturated rings. The van der Waals surface area contributed by atoms with Crippen molar-refractivity contribution in [3.8, 4) is 0 Å². The molecule has 5 nitrogen and oxygen atoms in total. The maximum atomic E-state index is 13.0. The van der Waals surface area contributed by atoms with E-state index in [1.165, 1.54) is 12.0 Å². The highest BCUT2D eigenvalue weighted by molar-refractivity contribution is 9.10. The first-order valence-corrected chi connectivity index (χ1v) is 11.3. The number of benzene rings is 1. The zero-order valence-corrected chi connectivity index (χ0v) is 19.7. The first-order valence-electron chi connectivity index (χ1n) is 9.55. The SMILES string of the molecule is CCCCCCC(=O)SCC(=O)N(c1c(C)ccc(Br)c1C)C(C)C(=O)OC. The molecule has 1 rings (SSSR count). The second-order valence-corrected chi connectivity index (χ2v) is 8.66.